The van der Waals surface area contributed by atoms with Gasteiger partial charge in [-0.25, -0.2) is 18.7 Å². The first-order valence-electron chi connectivity index (χ1n) is 6.15. The first-order valence-corrected chi connectivity index (χ1v) is 6.15. The molecule has 0 amide bonds. The first kappa shape index (κ1) is 14.2. The van der Waals surface area contributed by atoms with E-state index in [0.717, 1.165) is 6.07 Å². The number of hydrogen-bond donors (Lipinski definition) is 2. The summed E-state index contributed by atoms with van der Waals surface area (Å²) in [5, 5.41) is 6.03. The molecule has 4 nitrogen and oxygen atoms in total. The van der Waals surface area contributed by atoms with Gasteiger partial charge in [-0.05, 0) is 32.9 Å². The Kier molecular flexibility index (Phi) is 3.83. The third kappa shape index (κ3) is 4.15. The Bertz CT molecular complexity index is 588. The van der Waals surface area contributed by atoms with Crippen LogP contribution in [0.3, 0.4) is 0 Å². The number of anilines is 3. The molecule has 0 atom stereocenters. The Morgan fingerprint density at radius 1 is 0.900 bits per heavy atom. The van der Waals surface area contributed by atoms with Gasteiger partial charge in [0.25, 0.3) is 0 Å². The zero-order chi connectivity index (χ0) is 14.8. The standard InChI is InChI=1S/C14H16F2N4/c1-14(2,3)20-13-7-12(17-8-18-13)19-11-5-9(15)4-10(16)6-11/h4-8H,1-3H3,(H2,17,18,19,20). The Labute approximate surface area is 116 Å². The molecule has 6 heteroatoms. The minimum atomic E-state index is -0.644. The van der Waals surface area contributed by atoms with E-state index in [9.17, 15) is 8.78 Å². The fourth-order valence-electron chi connectivity index (χ4n) is 1.65. The van der Waals surface area contributed by atoms with Crippen molar-refractivity contribution in [1.82, 2.24) is 9.97 Å². The Balaban J connectivity index is 2.19. The van der Waals surface area contributed by atoms with Gasteiger partial charge in [0.1, 0.15) is 29.6 Å². The highest BCUT2D eigenvalue weighted by Gasteiger charge is 2.10. The maximum absolute atomic E-state index is 13.1. The van der Waals surface area contributed by atoms with E-state index >= 15 is 0 Å². The van der Waals surface area contributed by atoms with Crippen LogP contribution in [-0.4, -0.2) is 15.5 Å². The second kappa shape index (κ2) is 5.40. The van der Waals surface area contributed by atoms with E-state index in [1.807, 2.05) is 20.8 Å². The van der Waals surface area contributed by atoms with Crippen LogP contribution in [0.25, 0.3) is 0 Å². The summed E-state index contributed by atoms with van der Waals surface area (Å²) in [5.41, 5.74) is 0.152. The average Bonchev–Trinajstić information content (AvgIpc) is 2.25. The smallest absolute Gasteiger partial charge is 0.135 e. The summed E-state index contributed by atoms with van der Waals surface area (Å²) in [6.07, 6.45) is 1.38. The van der Waals surface area contributed by atoms with Gasteiger partial charge < -0.3 is 10.6 Å². The molecule has 0 bridgehead atoms. The van der Waals surface area contributed by atoms with Crippen LogP contribution in [0, 0.1) is 11.6 Å². The lowest BCUT2D eigenvalue weighted by molar-refractivity contribution is 0.584. The third-order valence-electron chi connectivity index (χ3n) is 2.31. The Hall–Kier alpha value is -2.24. The molecular weight excluding hydrogens is 262 g/mol. The number of nitrogens with zero attached hydrogens (tertiary/aromatic N) is 2. The van der Waals surface area contributed by atoms with Gasteiger partial charge in [0.05, 0.1) is 0 Å². The van der Waals surface area contributed by atoms with Crippen LogP contribution in [0.5, 0.6) is 0 Å². The normalized spacial score (nSPS) is 11.2. The van der Waals surface area contributed by atoms with Gasteiger partial charge in [-0.1, -0.05) is 0 Å². The van der Waals surface area contributed by atoms with E-state index in [4.69, 9.17) is 0 Å². The van der Waals surface area contributed by atoms with Crippen molar-refractivity contribution in [1.29, 1.82) is 0 Å². The average molecular weight is 278 g/mol. The molecular formula is C14H16F2N4. The second-order valence-electron chi connectivity index (χ2n) is 5.45. The molecule has 20 heavy (non-hydrogen) atoms. The molecule has 0 fully saturated rings. The maximum Gasteiger partial charge on any atom is 0.135 e. The lowest BCUT2D eigenvalue weighted by atomic mass is 10.1. The quantitative estimate of drug-likeness (QED) is 0.898. The molecule has 0 spiro atoms. The van der Waals surface area contributed by atoms with Crippen molar-refractivity contribution >= 4 is 17.3 Å². The van der Waals surface area contributed by atoms with Gasteiger partial charge in [0.2, 0.25) is 0 Å². The van der Waals surface area contributed by atoms with Crippen LogP contribution in [0.2, 0.25) is 0 Å². The van der Waals surface area contributed by atoms with Crippen molar-refractivity contribution in [2.45, 2.75) is 26.3 Å². The summed E-state index contributed by atoms with van der Waals surface area (Å²) < 4.78 is 26.2. The molecule has 106 valence electrons. The predicted octanol–water partition coefficient (Wildman–Crippen LogP) is 3.71. The molecule has 0 aliphatic rings. The minimum Gasteiger partial charge on any atom is -0.365 e. The molecule has 0 unspecified atom stereocenters. The van der Waals surface area contributed by atoms with Gasteiger partial charge in [-0.3, -0.25) is 0 Å². The largest absolute Gasteiger partial charge is 0.365 e. The molecule has 2 N–H and O–H groups in total. The number of nitrogens with one attached hydrogen (secondary N) is 2. The van der Waals surface area contributed by atoms with Gasteiger partial charge in [-0.15, -0.1) is 0 Å². The van der Waals surface area contributed by atoms with Crippen LogP contribution in [0.4, 0.5) is 26.1 Å². The maximum atomic E-state index is 13.1. The fourth-order valence-corrected chi connectivity index (χ4v) is 1.65. The molecule has 1 aromatic heterocycles. The van der Waals surface area contributed by atoms with Crippen molar-refractivity contribution in [3.63, 3.8) is 0 Å². The molecule has 2 aromatic rings. The van der Waals surface area contributed by atoms with Gasteiger partial charge >= 0.3 is 0 Å². The number of halogens is 2. The predicted molar refractivity (Wildman–Crippen MR) is 75.0 cm³/mol. The molecule has 1 heterocycles. The Morgan fingerprint density at radius 2 is 1.50 bits per heavy atom. The summed E-state index contributed by atoms with van der Waals surface area (Å²) in [7, 11) is 0. The molecule has 0 saturated carbocycles. The number of rotatable bonds is 3. The molecule has 0 radical (unpaired) electrons. The SMILES string of the molecule is CC(C)(C)Nc1cc(Nc2cc(F)cc(F)c2)ncn1. The van der Waals surface area contributed by atoms with Crippen LogP contribution in [0.15, 0.2) is 30.6 Å². The monoisotopic (exact) mass is 278 g/mol. The summed E-state index contributed by atoms with van der Waals surface area (Å²) in [6, 6.07) is 4.88. The lowest BCUT2D eigenvalue weighted by Crippen LogP contribution is -2.26. The van der Waals surface area contributed by atoms with Gasteiger partial charge in [-0.2, -0.15) is 0 Å². The topological polar surface area (TPSA) is 49.8 Å². The third-order valence-corrected chi connectivity index (χ3v) is 2.31. The van der Waals surface area contributed by atoms with Crippen LogP contribution in [0.1, 0.15) is 20.8 Å². The number of benzene rings is 1. The zero-order valence-electron chi connectivity index (χ0n) is 11.5. The fraction of sp³-hybridized carbons (Fsp3) is 0.286. The van der Waals surface area contributed by atoms with Gasteiger partial charge in [0, 0.05) is 23.4 Å². The number of hydrogen-bond acceptors (Lipinski definition) is 4. The highest BCUT2D eigenvalue weighted by Crippen LogP contribution is 2.20. The molecule has 0 saturated heterocycles. The second-order valence-corrected chi connectivity index (χ2v) is 5.45. The number of aromatic nitrogens is 2. The van der Waals surface area contributed by atoms with Crippen LogP contribution >= 0.6 is 0 Å². The zero-order valence-corrected chi connectivity index (χ0v) is 11.5. The van der Waals surface area contributed by atoms with Crippen molar-refractivity contribution in [3.8, 4) is 0 Å². The van der Waals surface area contributed by atoms with Crippen molar-refractivity contribution < 1.29 is 8.78 Å². The van der Waals surface area contributed by atoms with Crippen molar-refractivity contribution in [2.24, 2.45) is 0 Å². The van der Waals surface area contributed by atoms with Crippen LogP contribution < -0.4 is 10.6 Å². The van der Waals surface area contributed by atoms with E-state index in [0.29, 0.717) is 17.3 Å². The highest BCUT2D eigenvalue weighted by molar-refractivity contribution is 5.59. The summed E-state index contributed by atoms with van der Waals surface area (Å²) in [6.45, 7) is 6.01. The highest BCUT2D eigenvalue weighted by atomic mass is 19.1. The van der Waals surface area contributed by atoms with Gasteiger partial charge in [0.15, 0.2) is 0 Å². The van der Waals surface area contributed by atoms with Crippen molar-refractivity contribution in [3.05, 3.63) is 42.2 Å². The van der Waals surface area contributed by atoms with E-state index in [1.165, 1.54) is 18.5 Å². The summed E-state index contributed by atoms with van der Waals surface area (Å²) >= 11 is 0. The Morgan fingerprint density at radius 3 is 2.10 bits per heavy atom. The van der Waals surface area contributed by atoms with Crippen LogP contribution in [-0.2, 0) is 0 Å². The molecule has 1 aromatic carbocycles. The molecule has 0 aliphatic carbocycles. The summed E-state index contributed by atoms with van der Waals surface area (Å²) in [4.78, 5) is 8.11. The van der Waals surface area contributed by atoms with Crippen molar-refractivity contribution in [2.75, 3.05) is 10.6 Å². The lowest BCUT2D eigenvalue weighted by Gasteiger charge is -2.21. The van der Waals surface area contributed by atoms with E-state index in [2.05, 4.69) is 20.6 Å². The molecule has 0 aliphatic heterocycles. The molecule has 2 rings (SSSR count). The summed E-state index contributed by atoms with van der Waals surface area (Å²) in [5.74, 6) is -0.201. The first-order chi connectivity index (χ1) is 9.32. The van der Waals surface area contributed by atoms with E-state index in [1.54, 1.807) is 6.07 Å². The minimum absolute atomic E-state index is 0.142. The van der Waals surface area contributed by atoms with E-state index < -0.39 is 11.6 Å². The van der Waals surface area contributed by atoms with E-state index in [-0.39, 0.29) is 5.54 Å².